The first-order valence-corrected chi connectivity index (χ1v) is 9.15. The van der Waals surface area contributed by atoms with Crippen LogP contribution in [0.5, 0.6) is 0 Å². The summed E-state index contributed by atoms with van der Waals surface area (Å²) >= 11 is 0. The summed E-state index contributed by atoms with van der Waals surface area (Å²) in [5, 5.41) is 12.9. The first kappa shape index (κ1) is 17.7. The lowest BCUT2D eigenvalue weighted by Crippen LogP contribution is -2.26. The van der Waals surface area contributed by atoms with Crippen molar-refractivity contribution in [2.45, 2.75) is 6.73 Å². The van der Waals surface area contributed by atoms with Crippen LogP contribution in [0.4, 0.5) is 0 Å². The standard InChI is InChI=1S/C22H14N4O4/c27-21-16-8-4-5-9-18(16)23-25-26(21)13-29-22(28)15-10-11-19-17(12-15)20(30-24-19)14-6-2-1-3-7-14/h1-12H,13H2. The molecule has 0 aliphatic rings. The zero-order chi connectivity index (χ0) is 20.5. The van der Waals surface area contributed by atoms with Gasteiger partial charge in [0, 0.05) is 5.56 Å². The summed E-state index contributed by atoms with van der Waals surface area (Å²) in [6, 6.07) is 21.3. The Morgan fingerprint density at radius 2 is 1.73 bits per heavy atom. The van der Waals surface area contributed by atoms with E-state index < -0.39 is 5.97 Å². The van der Waals surface area contributed by atoms with Gasteiger partial charge in [0.25, 0.3) is 5.56 Å². The normalized spacial score (nSPS) is 11.1. The van der Waals surface area contributed by atoms with Gasteiger partial charge in [0.15, 0.2) is 12.5 Å². The fraction of sp³-hybridized carbons (Fsp3) is 0.0455. The minimum Gasteiger partial charge on any atom is -0.439 e. The van der Waals surface area contributed by atoms with Gasteiger partial charge in [-0.3, -0.25) is 4.79 Å². The molecule has 0 spiro atoms. The molecule has 0 saturated carbocycles. The Labute approximate surface area is 169 Å². The molecule has 0 aliphatic carbocycles. The number of carbonyl (C=O) groups excluding carboxylic acids is 1. The van der Waals surface area contributed by atoms with E-state index in [0.29, 0.717) is 33.1 Å². The Balaban J connectivity index is 1.41. The number of fused-ring (bicyclic) bond motifs is 2. The highest BCUT2D eigenvalue weighted by Gasteiger charge is 2.15. The van der Waals surface area contributed by atoms with Crippen LogP contribution in [0, 0.1) is 0 Å². The van der Waals surface area contributed by atoms with Gasteiger partial charge in [-0.15, -0.1) is 5.10 Å². The lowest BCUT2D eigenvalue weighted by Gasteiger charge is -2.07. The molecular weight excluding hydrogens is 384 g/mol. The molecule has 2 aromatic heterocycles. The molecule has 5 rings (SSSR count). The SMILES string of the molecule is O=C(OCn1nnc2ccccc2c1=O)c1ccc2noc(-c3ccccc3)c2c1. The third-order valence-corrected chi connectivity index (χ3v) is 4.70. The summed E-state index contributed by atoms with van der Waals surface area (Å²) in [4.78, 5) is 25.0. The Morgan fingerprint density at radius 3 is 2.60 bits per heavy atom. The van der Waals surface area contributed by atoms with Crippen LogP contribution < -0.4 is 5.56 Å². The molecule has 8 nitrogen and oxygen atoms in total. The van der Waals surface area contributed by atoms with Crippen molar-refractivity contribution in [2.24, 2.45) is 0 Å². The van der Waals surface area contributed by atoms with E-state index in [1.807, 2.05) is 30.3 Å². The number of esters is 1. The molecule has 8 heteroatoms. The van der Waals surface area contributed by atoms with Crippen molar-refractivity contribution in [3.8, 4) is 11.3 Å². The second-order valence-corrected chi connectivity index (χ2v) is 6.58. The summed E-state index contributed by atoms with van der Waals surface area (Å²) < 4.78 is 11.7. The van der Waals surface area contributed by atoms with Crippen LogP contribution in [0.15, 0.2) is 82.1 Å². The number of rotatable bonds is 4. The summed E-state index contributed by atoms with van der Waals surface area (Å²) in [5.74, 6) is -0.0316. The molecular formula is C22H14N4O4. The largest absolute Gasteiger partial charge is 0.439 e. The van der Waals surface area contributed by atoms with Gasteiger partial charge in [-0.2, -0.15) is 4.68 Å². The van der Waals surface area contributed by atoms with E-state index in [2.05, 4.69) is 15.5 Å². The van der Waals surface area contributed by atoms with Crippen LogP contribution in [-0.2, 0) is 11.5 Å². The third-order valence-electron chi connectivity index (χ3n) is 4.70. The minimum atomic E-state index is -0.598. The average molecular weight is 398 g/mol. The molecule has 2 heterocycles. The topological polar surface area (TPSA) is 100 Å². The van der Waals surface area contributed by atoms with Crippen molar-refractivity contribution in [1.29, 1.82) is 0 Å². The Bertz CT molecular complexity index is 1440. The number of aromatic nitrogens is 4. The maximum absolute atomic E-state index is 12.6. The molecule has 0 aliphatic heterocycles. The molecule has 0 bridgehead atoms. The maximum atomic E-state index is 12.6. The van der Waals surface area contributed by atoms with Gasteiger partial charge in [-0.1, -0.05) is 52.8 Å². The molecule has 0 saturated heterocycles. The van der Waals surface area contributed by atoms with E-state index in [1.165, 1.54) is 0 Å². The summed E-state index contributed by atoms with van der Waals surface area (Å²) in [7, 11) is 0. The van der Waals surface area contributed by atoms with E-state index in [4.69, 9.17) is 9.26 Å². The maximum Gasteiger partial charge on any atom is 0.339 e. The summed E-state index contributed by atoms with van der Waals surface area (Å²) in [5.41, 5.74) is 1.89. The van der Waals surface area contributed by atoms with E-state index >= 15 is 0 Å². The minimum absolute atomic E-state index is 0.310. The van der Waals surface area contributed by atoms with Gasteiger partial charge >= 0.3 is 5.97 Å². The number of hydrogen-bond acceptors (Lipinski definition) is 7. The van der Waals surface area contributed by atoms with Gasteiger partial charge < -0.3 is 9.26 Å². The molecule has 0 unspecified atom stereocenters. The van der Waals surface area contributed by atoms with Gasteiger partial charge in [0.2, 0.25) is 0 Å². The van der Waals surface area contributed by atoms with Crippen molar-refractivity contribution in [1.82, 2.24) is 20.2 Å². The van der Waals surface area contributed by atoms with Gasteiger partial charge in [-0.25, -0.2) is 4.79 Å². The zero-order valence-electron chi connectivity index (χ0n) is 15.6. The highest BCUT2D eigenvalue weighted by atomic mass is 16.5. The average Bonchev–Trinajstić information content (AvgIpc) is 3.22. The summed E-state index contributed by atoms with van der Waals surface area (Å²) in [6.45, 7) is -0.345. The van der Waals surface area contributed by atoms with Crippen LogP contribution in [0.1, 0.15) is 10.4 Å². The number of hydrogen-bond donors (Lipinski definition) is 0. The van der Waals surface area contributed by atoms with E-state index in [9.17, 15) is 9.59 Å². The molecule has 0 radical (unpaired) electrons. The van der Waals surface area contributed by atoms with Crippen molar-refractivity contribution in [3.05, 3.63) is 88.7 Å². The summed E-state index contributed by atoms with van der Waals surface area (Å²) in [6.07, 6.45) is 0. The predicted molar refractivity (Wildman–Crippen MR) is 109 cm³/mol. The fourth-order valence-electron chi connectivity index (χ4n) is 3.18. The van der Waals surface area contributed by atoms with Crippen molar-refractivity contribution < 1.29 is 14.1 Å². The van der Waals surface area contributed by atoms with Crippen molar-refractivity contribution in [3.63, 3.8) is 0 Å². The van der Waals surface area contributed by atoms with E-state index in [0.717, 1.165) is 10.2 Å². The molecule has 0 N–H and O–H groups in total. The number of benzene rings is 3. The van der Waals surface area contributed by atoms with Gasteiger partial charge in [0.1, 0.15) is 11.0 Å². The van der Waals surface area contributed by atoms with E-state index in [1.54, 1.807) is 42.5 Å². The van der Waals surface area contributed by atoms with Crippen LogP contribution in [-0.4, -0.2) is 26.1 Å². The lowest BCUT2D eigenvalue weighted by molar-refractivity contribution is 0.0336. The lowest BCUT2D eigenvalue weighted by atomic mass is 10.1. The molecule has 146 valence electrons. The number of carbonyl (C=O) groups is 1. The van der Waals surface area contributed by atoms with E-state index in [-0.39, 0.29) is 12.3 Å². The first-order chi connectivity index (χ1) is 14.7. The quantitative estimate of drug-likeness (QED) is 0.428. The number of nitrogens with zero attached hydrogens (tertiary/aromatic N) is 4. The zero-order valence-corrected chi connectivity index (χ0v) is 15.6. The molecule has 30 heavy (non-hydrogen) atoms. The van der Waals surface area contributed by atoms with Crippen LogP contribution in [0.3, 0.4) is 0 Å². The molecule has 5 aromatic rings. The Kier molecular flexibility index (Phi) is 4.29. The smallest absolute Gasteiger partial charge is 0.339 e. The van der Waals surface area contributed by atoms with Crippen molar-refractivity contribution in [2.75, 3.05) is 0 Å². The fourth-order valence-corrected chi connectivity index (χ4v) is 3.18. The highest BCUT2D eigenvalue weighted by molar-refractivity contribution is 5.98. The highest BCUT2D eigenvalue weighted by Crippen LogP contribution is 2.29. The molecule has 0 amide bonds. The van der Waals surface area contributed by atoms with Crippen molar-refractivity contribution >= 4 is 27.8 Å². The monoisotopic (exact) mass is 398 g/mol. The third kappa shape index (κ3) is 3.10. The molecule has 3 aromatic carbocycles. The van der Waals surface area contributed by atoms with Crippen LogP contribution >= 0.6 is 0 Å². The van der Waals surface area contributed by atoms with Crippen LogP contribution in [0.25, 0.3) is 33.1 Å². The molecule has 0 atom stereocenters. The Hall–Kier alpha value is -4.33. The van der Waals surface area contributed by atoms with Gasteiger partial charge in [-0.05, 0) is 30.3 Å². The van der Waals surface area contributed by atoms with Gasteiger partial charge in [0.05, 0.1) is 16.3 Å². The molecule has 0 fully saturated rings. The van der Waals surface area contributed by atoms with Crippen LogP contribution in [0.2, 0.25) is 0 Å². The number of ether oxygens (including phenoxy) is 1. The second-order valence-electron chi connectivity index (χ2n) is 6.58. The second kappa shape index (κ2) is 7.25. The Morgan fingerprint density at radius 1 is 0.933 bits per heavy atom. The predicted octanol–water partition coefficient (Wildman–Crippen LogP) is 3.41. The first-order valence-electron chi connectivity index (χ1n) is 9.15.